The quantitative estimate of drug-likeness (QED) is 0.754. The molecule has 0 aromatic heterocycles. The van der Waals surface area contributed by atoms with Crippen LogP contribution in [0.15, 0.2) is 18.2 Å². The SMILES string of the molecule is CCC(O)(CC)c1cc(O[Si](C)(C)C(C)(C)C)ccc1CO. The van der Waals surface area contributed by atoms with Gasteiger partial charge < -0.3 is 14.6 Å². The van der Waals surface area contributed by atoms with Crippen LogP contribution in [0.25, 0.3) is 0 Å². The normalized spacial score (nSPS) is 13.3. The number of hydrogen-bond acceptors (Lipinski definition) is 3. The van der Waals surface area contributed by atoms with E-state index < -0.39 is 13.9 Å². The molecular formula is C18H32O3Si. The Morgan fingerprint density at radius 1 is 1.09 bits per heavy atom. The van der Waals surface area contributed by atoms with Gasteiger partial charge in [0.1, 0.15) is 5.75 Å². The second-order valence-corrected chi connectivity index (χ2v) is 12.3. The molecule has 4 heteroatoms. The molecule has 0 bridgehead atoms. The van der Waals surface area contributed by atoms with Crippen LogP contribution in [0.5, 0.6) is 5.75 Å². The molecule has 0 saturated heterocycles. The smallest absolute Gasteiger partial charge is 0.250 e. The lowest BCUT2D eigenvalue weighted by Gasteiger charge is -2.37. The van der Waals surface area contributed by atoms with Gasteiger partial charge in [0.15, 0.2) is 0 Å². The molecule has 0 fully saturated rings. The van der Waals surface area contributed by atoms with E-state index in [4.69, 9.17) is 4.43 Å². The Morgan fingerprint density at radius 3 is 2.05 bits per heavy atom. The van der Waals surface area contributed by atoms with Gasteiger partial charge >= 0.3 is 0 Å². The minimum absolute atomic E-state index is 0.0714. The van der Waals surface area contributed by atoms with Gasteiger partial charge in [-0.3, -0.25) is 0 Å². The van der Waals surface area contributed by atoms with E-state index in [0.717, 1.165) is 16.9 Å². The first kappa shape index (κ1) is 19.2. The van der Waals surface area contributed by atoms with Crippen LogP contribution in [0.4, 0.5) is 0 Å². The van der Waals surface area contributed by atoms with E-state index in [-0.39, 0.29) is 11.6 Å². The molecule has 1 aromatic carbocycles. The summed E-state index contributed by atoms with van der Waals surface area (Å²) in [5, 5.41) is 20.5. The van der Waals surface area contributed by atoms with Gasteiger partial charge in [-0.05, 0) is 54.2 Å². The van der Waals surface area contributed by atoms with Crippen molar-refractivity contribution in [3.8, 4) is 5.75 Å². The maximum atomic E-state index is 10.8. The average molecular weight is 325 g/mol. The molecule has 1 rings (SSSR count). The summed E-state index contributed by atoms with van der Waals surface area (Å²) in [6, 6.07) is 5.69. The molecular weight excluding hydrogens is 292 g/mol. The van der Waals surface area contributed by atoms with Crippen LogP contribution in [0.1, 0.15) is 58.6 Å². The highest BCUT2D eigenvalue weighted by Crippen LogP contribution is 2.39. The van der Waals surface area contributed by atoms with Crippen molar-refractivity contribution in [1.82, 2.24) is 0 Å². The summed E-state index contributed by atoms with van der Waals surface area (Å²) in [7, 11) is -1.92. The molecule has 126 valence electrons. The minimum atomic E-state index is -1.92. The molecule has 0 radical (unpaired) electrons. The number of rotatable bonds is 6. The highest BCUT2D eigenvalue weighted by molar-refractivity contribution is 6.74. The molecule has 0 aliphatic heterocycles. The molecule has 0 spiro atoms. The zero-order valence-electron chi connectivity index (χ0n) is 15.2. The number of benzene rings is 1. The average Bonchev–Trinajstić information content (AvgIpc) is 2.44. The van der Waals surface area contributed by atoms with Gasteiger partial charge in [-0.2, -0.15) is 0 Å². The minimum Gasteiger partial charge on any atom is -0.543 e. The molecule has 0 amide bonds. The lowest BCUT2D eigenvalue weighted by molar-refractivity contribution is 0.0262. The van der Waals surface area contributed by atoms with Crippen molar-refractivity contribution in [3.63, 3.8) is 0 Å². The Morgan fingerprint density at radius 2 is 1.64 bits per heavy atom. The first-order chi connectivity index (χ1) is 10.0. The zero-order chi connectivity index (χ0) is 17.2. The third kappa shape index (κ3) is 3.92. The third-order valence-electron chi connectivity index (χ3n) is 5.10. The van der Waals surface area contributed by atoms with Crippen molar-refractivity contribution in [2.24, 2.45) is 0 Å². The zero-order valence-corrected chi connectivity index (χ0v) is 16.2. The van der Waals surface area contributed by atoms with E-state index in [1.165, 1.54) is 0 Å². The molecule has 0 aliphatic rings. The van der Waals surface area contributed by atoms with Crippen LogP contribution in [0.2, 0.25) is 18.1 Å². The summed E-state index contributed by atoms with van der Waals surface area (Å²) < 4.78 is 6.34. The first-order valence-electron chi connectivity index (χ1n) is 8.16. The second kappa shape index (κ2) is 6.73. The van der Waals surface area contributed by atoms with Gasteiger partial charge in [0.2, 0.25) is 8.32 Å². The van der Waals surface area contributed by atoms with Crippen LogP contribution >= 0.6 is 0 Å². The topological polar surface area (TPSA) is 49.7 Å². The molecule has 0 unspecified atom stereocenters. The van der Waals surface area contributed by atoms with Crippen LogP contribution in [0.3, 0.4) is 0 Å². The third-order valence-corrected chi connectivity index (χ3v) is 9.46. The van der Waals surface area contributed by atoms with Gasteiger partial charge in [-0.1, -0.05) is 40.7 Å². The highest BCUT2D eigenvalue weighted by atomic mass is 28.4. The van der Waals surface area contributed by atoms with Crippen LogP contribution < -0.4 is 4.43 Å². The summed E-state index contributed by atoms with van der Waals surface area (Å²) in [4.78, 5) is 0. The molecule has 0 saturated carbocycles. The maximum absolute atomic E-state index is 10.8. The number of aliphatic hydroxyl groups excluding tert-OH is 1. The van der Waals surface area contributed by atoms with Crippen LogP contribution in [0, 0.1) is 0 Å². The fourth-order valence-electron chi connectivity index (χ4n) is 2.27. The molecule has 22 heavy (non-hydrogen) atoms. The van der Waals surface area contributed by atoms with Crippen LogP contribution in [-0.4, -0.2) is 18.5 Å². The summed E-state index contributed by atoms with van der Waals surface area (Å²) >= 11 is 0. The van der Waals surface area contributed by atoms with Crippen molar-refractivity contribution >= 4 is 8.32 Å². The van der Waals surface area contributed by atoms with E-state index in [9.17, 15) is 10.2 Å². The lowest BCUT2D eigenvalue weighted by atomic mass is 9.85. The molecule has 0 aliphatic carbocycles. The molecule has 0 atom stereocenters. The predicted octanol–water partition coefficient (Wildman–Crippen LogP) is 4.57. The Balaban J connectivity index is 3.27. The van der Waals surface area contributed by atoms with Crippen molar-refractivity contribution in [2.45, 2.75) is 77.8 Å². The maximum Gasteiger partial charge on any atom is 0.250 e. The van der Waals surface area contributed by atoms with Gasteiger partial charge in [0, 0.05) is 0 Å². The van der Waals surface area contributed by atoms with Gasteiger partial charge in [-0.25, -0.2) is 0 Å². The van der Waals surface area contributed by atoms with Gasteiger partial charge in [0.05, 0.1) is 12.2 Å². The Hall–Kier alpha value is -0.843. The summed E-state index contributed by atoms with van der Waals surface area (Å²) in [6.07, 6.45) is 1.22. The van der Waals surface area contributed by atoms with E-state index in [1.807, 2.05) is 32.0 Å². The largest absolute Gasteiger partial charge is 0.543 e. The fourth-order valence-corrected chi connectivity index (χ4v) is 3.29. The second-order valence-electron chi connectivity index (χ2n) is 7.58. The fraction of sp³-hybridized carbons (Fsp3) is 0.667. The molecule has 2 N–H and O–H groups in total. The van der Waals surface area contributed by atoms with Crippen molar-refractivity contribution < 1.29 is 14.6 Å². The lowest BCUT2D eigenvalue weighted by Crippen LogP contribution is -2.44. The number of aliphatic hydroxyl groups is 2. The molecule has 3 nitrogen and oxygen atoms in total. The van der Waals surface area contributed by atoms with E-state index in [0.29, 0.717) is 12.8 Å². The van der Waals surface area contributed by atoms with E-state index in [2.05, 4.69) is 33.9 Å². The van der Waals surface area contributed by atoms with E-state index in [1.54, 1.807) is 0 Å². The standard InChI is InChI=1S/C18H32O3Si/c1-8-18(20,9-2)16-12-15(11-10-14(16)13-19)21-22(6,7)17(3,4)5/h10-12,19-20H,8-9,13H2,1-7H3. The van der Waals surface area contributed by atoms with Gasteiger partial charge in [-0.15, -0.1) is 0 Å². The Labute approximate surface area is 136 Å². The highest BCUT2D eigenvalue weighted by Gasteiger charge is 2.39. The number of hydrogen-bond donors (Lipinski definition) is 2. The Bertz CT molecular complexity index is 500. The molecule has 1 aromatic rings. The molecule has 0 heterocycles. The van der Waals surface area contributed by atoms with E-state index >= 15 is 0 Å². The predicted molar refractivity (Wildman–Crippen MR) is 94.7 cm³/mol. The summed E-state index contributed by atoms with van der Waals surface area (Å²) in [5.41, 5.74) is 0.648. The van der Waals surface area contributed by atoms with Crippen molar-refractivity contribution in [2.75, 3.05) is 0 Å². The monoisotopic (exact) mass is 324 g/mol. The van der Waals surface area contributed by atoms with Crippen molar-refractivity contribution in [3.05, 3.63) is 29.3 Å². The summed E-state index contributed by atoms with van der Waals surface area (Å²) in [5.74, 6) is 0.791. The van der Waals surface area contributed by atoms with Crippen molar-refractivity contribution in [1.29, 1.82) is 0 Å². The summed E-state index contributed by atoms with van der Waals surface area (Å²) in [6.45, 7) is 14.9. The van der Waals surface area contributed by atoms with Gasteiger partial charge in [0.25, 0.3) is 0 Å². The Kier molecular flexibility index (Phi) is 5.87. The first-order valence-corrected chi connectivity index (χ1v) is 11.1. The van der Waals surface area contributed by atoms with Crippen LogP contribution in [-0.2, 0) is 12.2 Å².